The fraction of sp³-hybridized carbons (Fsp3) is 0.147. The van der Waals surface area contributed by atoms with Gasteiger partial charge in [-0.2, -0.15) is 9.36 Å². The van der Waals surface area contributed by atoms with Crippen LogP contribution in [0.1, 0.15) is 28.7 Å². The van der Waals surface area contributed by atoms with Crippen LogP contribution in [0.2, 0.25) is 0 Å². The Bertz CT molecular complexity index is 1880. The van der Waals surface area contributed by atoms with Crippen molar-refractivity contribution in [2.24, 2.45) is 5.16 Å². The summed E-state index contributed by atoms with van der Waals surface area (Å²) in [7, 11) is 0. The molecule has 15 heteroatoms. The van der Waals surface area contributed by atoms with Gasteiger partial charge >= 0.3 is 5.97 Å². The molecule has 0 bridgehead atoms. The van der Waals surface area contributed by atoms with Gasteiger partial charge in [0.15, 0.2) is 11.2 Å². The molecule has 1 saturated heterocycles. The molecule has 0 spiro atoms. The van der Waals surface area contributed by atoms with Gasteiger partial charge < -0.3 is 20.6 Å². The number of amides is 2. The van der Waals surface area contributed by atoms with Crippen molar-refractivity contribution in [2.45, 2.75) is 17.5 Å². The number of fused-ring (bicyclic) bond motifs is 1. The Kier molecular flexibility index (Phi) is 10.8. The lowest BCUT2D eigenvalue weighted by molar-refractivity contribution is -0.154. The molecule has 2 aliphatic heterocycles. The molecule has 248 valence electrons. The van der Waals surface area contributed by atoms with Crippen molar-refractivity contribution < 1.29 is 24.0 Å². The van der Waals surface area contributed by atoms with Crippen LogP contribution in [0.25, 0.3) is 6.08 Å². The number of hydrogen-bond acceptors (Lipinski definition) is 13. The van der Waals surface area contributed by atoms with Crippen molar-refractivity contribution >= 4 is 69.8 Å². The summed E-state index contributed by atoms with van der Waals surface area (Å²) in [5.74, 6) is -1.56. The zero-order valence-corrected chi connectivity index (χ0v) is 28.2. The number of carbonyl (C=O) groups excluding carboxylic acids is 3. The molecule has 4 heterocycles. The number of nitrogens with two attached hydrogens (primary N) is 1. The van der Waals surface area contributed by atoms with Crippen LogP contribution in [0.4, 0.5) is 5.13 Å². The maximum absolute atomic E-state index is 14.2. The summed E-state index contributed by atoms with van der Waals surface area (Å²) in [5, 5.41) is 7.95. The third-order valence-corrected chi connectivity index (χ3v) is 10.1. The van der Waals surface area contributed by atoms with Gasteiger partial charge in [0, 0.05) is 28.4 Å². The van der Waals surface area contributed by atoms with Crippen molar-refractivity contribution in [1.29, 1.82) is 0 Å². The van der Waals surface area contributed by atoms with Gasteiger partial charge in [0.1, 0.15) is 23.7 Å². The first kappa shape index (κ1) is 33.6. The van der Waals surface area contributed by atoms with Crippen molar-refractivity contribution in [3.63, 3.8) is 0 Å². The molecule has 2 atom stereocenters. The number of nitrogen functional groups attached to an aromatic ring is 1. The standard InChI is InChI=1S/C34H29N7O5S3/c1-2-18-45-39-25(29-38-34(35)49-40-29)30(42)37-26-31(43)41-27(24(20-48-32(26)41)47-19-16-23-15-9-10-17-36-23)33(44)46-28(21-11-5-3-6-12-21)22-13-7-4-8-14-22/h2-17,19,26,28,32H,1,18,20H2,(H,37,42)(H2,35,38,40)/b19-16-,39-25?/t26?,32-/m0/s1. The highest BCUT2D eigenvalue weighted by Gasteiger charge is 2.55. The van der Waals surface area contributed by atoms with E-state index in [1.165, 1.54) is 34.5 Å². The smallest absolute Gasteiger partial charge is 0.356 e. The number of ether oxygens (including phenoxy) is 1. The van der Waals surface area contributed by atoms with Crippen molar-refractivity contribution in [3.05, 3.63) is 136 Å². The molecule has 0 saturated carbocycles. The van der Waals surface area contributed by atoms with E-state index in [1.54, 1.807) is 6.20 Å². The molecule has 49 heavy (non-hydrogen) atoms. The van der Waals surface area contributed by atoms with E-state index in [0.29, 0.717) is 10.7 Å². The van der Waals surface area contributed by atoms with Crippen molar-refractivity contribution in [3.8, 4) is 0 Å². The predicted octanol–water partition coefficient (Wildman–Crippen LogP) is 4.77. The number of rotatable bonds is 13. The van der Waals surface area contributed by atoms with Gasteiger partial charge in [-0.25, -0.2) is 4.79 Å². The van der Waals surface area contributed by atoms with Gasteiger partial charge in [0.25, 0.3) is 11.8 Å². The van der Waals surface area contributed by atoms with E-state index in [1.807, 2.05) is 90.3 Å². The van der Waals surface area contributed by atoms with Crippen LogP contribution in [0.15, 0.2) is 119 Å². The van der Waals surface area contributed by atoms with Gasteiger partial charge in [0.05, 0.1) is 5.69 Å². The van der Waals surface area contributed by atoms with Crippen molar-refractivity contribution in [2.75, 3.05) is 18.1 Å². The average molecular weight is 712 g/mol. The van der Waals surface area contributed by atoms with E-state index in [4.69, 9.17) is 15.3 Å². The summed E-state index contributed by atoms with van der Waals surface area (Å²) in [5.41, 5.74) is 7.88. The summed E-state index contributed by atoms with van der Waals surface area (Å²) in [6, 6.07) is 23.4. The summed E-state index contributed by atoms with van der Waals surface area (Å²) in [6.45, 7) is 3.60. The zero-order chi connectivity index (χ0) is 34.2. The Morgan fingerprint density at radius 2 is 1.82 bits per heavy atom. The Hall–Kier alpha value is -5.25. The molecule has 2 aromatic heterocycles. The summed E-state index contributed by atoms with van der Waals surface area (Å²) in [4.78, 5) is 57.0. The van der Waals surface area contributed by atoms with Crippen LogP contribution in [0.5, 0.6) is 0 Å². The molecule has 0 aliphatic carbocycles. The minimum Gasteiger partial charge on any atom is -0.448 e. The second-order valence-corrected chi connectivity index (χ2v) is 13.3. The lowest BCUT2D eigenvalue weighted by Gasteiger charge is -2.49. The number of pyridine rings is 1. The number of nitrogens with one attached hydrogen (secondary N) is 1. The van der Waals surface area contributed by atoms with E-state index in [-0.39, 0.29) is 29.0 Å². The minimum absolute atomic E-state index is 0.0312. The number of β-lactam (4-membered cyclic amide) rings is 1. The number of anilines is 1. The maximum atomic E-state index is 14.2. The molecule has 1 fully saturated rings. The number of aromatic nitrogens is 3. The largest absolute Gasteiger partial charge is 0.448 e. The summed E-state index contributed by atoms with van der Waals surface area (Å²) < 4.78 is 10.3. The molecule has 4 aromatic rings. The van der Waals surface area contributed by atoms with Crippen LogP contribution in [-0.4, -0.2) is 66.5 Å². The highest BCUT2D eigenvalue weighted by molar-refractivity contribution is 8.08. The number of carbonyl (C=O) groups is 3. The molecule has 3 N–H and O–H groups in total. The second kappa shape index (κ2) is 15.8. The van der Waals surface area contributed by atoms with Crippen LogP contribution >= 0.6 is 35.1 Å². The average Bonchev–Trinajstić information content (AvgIpc) is 3.57. The molecular formula is C34H29N7O5S3. The first-order valence-electron chi connectivity index (χ1n) is 14.9. The third kappa shape index (κ3) is 7.74. The van der Waals surface area contributed by atoms with E-state index in [9.17, 15) is 14.4 Å². The quantitative estimate of drug-likeness (QED) is 0.0491. The molecule has 1 unspecified atom stereocenters. The number of thioether (sulfide) groups is 2. The van der Waals surface area contributed by atoms with Crippen LogP contribution in [0, 0.1) is 0 Å². The maximum Gasteiger partial charge on any atom is 0.356 e. The molecule has 0 radical (unpaired) electrons. The number of oxime groups is 1. The number of esters is 1. The molecular weight excluding hydrogens is 683 g/mol. The highest BCUT2D eigenvalue weighted by atomic mass is 32.2. The summed E-state index contributed by atoms with van der Waals surface area (Å²) >= 11 is 3.60. The first-order chi connectivity index (χ1) is 23.9. The minimum atomic E-state index is -0.976. The van der Waals surface area contributed by atoms with E-state index in [2.05, 4.69) is 31.4 Å². The molecule has 6 rings (SSSR count). The van der Waals surface area contributed by atoms with Crippen LogP contribution in [-0.2, 0) is 24.0 Å². The zero-order valence-electron chi connectivity index (χ0n) is 25.7. The van der Waals surface area contributed by atoms with E-state index >= 15 is 0 Å². The fourth-order valence-electron chi connectivity index (χ4n) is 4.96. The van der Waals surface area contributed by atoms with Crippen molar-refractivity contribution in [1.82, 2.24) is 24.6 Å². The van der Waals surface area contributed by atoms with Crippen LogP contribution < -0.4 is 11.1 Å². The molecule has 2 aliphatic rings. The monoisotopic (exact) mass is 711 g/mol. The Labute approximate surface area is 294 Å². The number of benzene rings is 2. The van der Waals surface area contributed by atoms with Gasteiger partial charge in [0.2, 0.25) is 11.5 Å². The van der Waals surface area contributed by atoms with Gasteiger partial charge in [-0.3, -0.25) is 19.5 Å². The lowest BCUT2D eigenvalue weighted by atomic mass is 10.0. The molecule has 2 amide bonds. The Balaban J connectivity index is 1.28. The topological polar surface area (TPSA) is 162 Å². The predicted molar refractivity (Wildman–Crippen MR) is 191 cm³/mol. The molecule has 2 aromatic carbocycles. The normalized spacial score (nSPS) is 17.4. The Morgan fingerprint density at radius 3 is 2.45 bits per heavy atom. The van der Waals surface area contributed by atoms with Gasteiger partial charge in [-0.1, -0.05) is 96.3 Å². The molecule has 12 nitrogen and oxygen atoms in total. The second-order valence-electron chi connectivity index (χ2n) is 10.4. The van der Waals surface area contributed by atoms with Crippen LogP contribution in [0.3, 0.4) is 0 Å². The van der Waals surface area contributed by atoms with E-state index < -0.39 is 35.3 Å². The summed E-state index contributed by atoms with van der Waals surface area (Å²) in [6.07, 6.45) is 4.24. The SMILES string of the molecule is C=CCON=C(C(=O)NC1C(=O)N2C(C(=O)OC(c3ccccc3)c3ccccc3)=C(S/C=C\c3ccccn3)CS[C@@H]12)c1nsc(N)n1. The van der Waals surface area contributed by atoms with E-state index in [0.717, 1.165) is 28.4 Å². The van der Waals surface area contributed by atoms with Gasteiger partial charge in [-0.15, -0.1) is 11.8 Å². The lowest BCUT2D eigenvalue weighted by Crippen LogP contribution is -2.71. The Morgan fingerprint density at radius 1 is 1.10 bits per heavy atom. The highest BCUT2D eigenvalue weighted by Crippen LogP contribution is 2.45. The number of nitrogens with zero attached hydrogens (tertiary/aromatic N) is 5. The fourth-order valence-corrected chi connectivity index (χ4v) is 7.73. The first-order valence-corrected chi connectivity index (χ1v) is 17.6. The third-order valence-electron chi connectivity index (χ3n) is 7.20. The van der Waals surface area contributed by atoms with Gasteiger partial charge in [-0.05, 0) is 34.7 Å². The number of hydrogen-bond donors (Lipinski definition) is 2.